The van der Waals surface area contributed by atoms with Crippen LogP contribution in [0.4, 0.5) is 5.82 Å². The first-order chi connectivity index (χ1) is 9.31. The topological polar surface area (TPSA) is 64.0 Å². The fourth-order valence-corrected chi connectivity index (χ4v) is 2.08. The van der Waals surface area contributed by atoms with Crippen LogP contribution in [0.25, 0.3) is 0 Å². The molecule has 2 aromatic rings. The highest BCUT2D eigenvalue weighted by Crippen LogP contribution is 2.19. The summed E-state index contributed by atoms with van der Waals surface area (Å²) in [4.78, 5) is 18.8. The third kappa shape index (κ3) is 2.78. The molecule has 1 saturated heterocycles. The lowest BCUT2D eigenvalue weighted by Gasteiger charge is -2.16. The van der Waals surface area contributed by atoms with Gasteiger partial charge in [0.1, 0.15) is 11.9 Å². The van der Waals surface area contributed by atoms with Crippen LogP contribution in [0.2, 0.25) is 0 Å². The maximum Gasteiger partial charge on any atom is 0.316 e. The van der Waals surface area contributed by atoms with Crippen LogP contribution in [0.3, 0.4) is 0 Å². The minimum Gasteiger partial charge on any atom is -0.458 e. The molecule has 1 aliphatic heterocycles. The maximum atomic E-state index is 5.77. The number of aromatic nitrogens is 4. The Bertz CT molecular complexity index is 530. The van der Waals surface area contributed by atoms with Crippen molar-refractivity contribution in [1.29, 1.82) is 0 Å². The van der Waals surface area contributed by atoms with E-state index in [9.17, 15) is 0 Å². The number of hydrogen-bond donors (Lipinski definition) is 0. The van der Waals surface area contributed by atoms with Gasteiger partial charge >= 0.3 is 6.01 Å². The second-order valence-electron chi connectivity index (χ2n) is 4.58. The van der Waals surface area contributed by atoms with Crippen molar-refractivity contribution in [2.45, 2.75) is 19.4 Å². The van der Waals surface area contributed by atoms with Crippen molar-refractivity contribution in [2.75, 3.05) is 18.0 Å². The molecule has 6 nitrogen and oxygen atoms in total. The number of aryl methyl sites for hydroxylation is 1. The predicted molar refractivity (Wildman–Crippen MR) is 70.0 cm³/mol. The summed E-state index contributed by atoms with van der Waals surface area (Å²) in [6.45, 7) is 3.65. The summed E-state index contributed by atoms with van der Waals surface area (Å²) in [6.07, 6.45) is 9.71. The lowest BCUT2D eigenvalue weighted by molar-refractivity contribution is 0.206. The van der Waals surface area contributed by atoms with Gasteiger partial charge in [-0.25, -0.2) is 15.0 Å². The minimum absolute atomic E-state index is 0.102. The Labute approximate surface area is 111 Å². The largest absolute Gasteiger partial charge is 0.458 e. The van der Waals surface area contributed by atoms with Crippen molar-refractivity contribution in [3.63, 3.8) is 0 Å². The Morgan fingerprint density at radius 3 is 2.74 bits per heavy atom. The third-order valence-electron chi connectivity index (χ3n) is 3.05. The normalized spacial score (nSPS) is 18.6. The van der Waals surface area contributed by atoms with Gasteiger partial charge in [0.05, 0.1) is 12.7 Å². The molecule has 3 heterocycles. The van der Waals surface area contributed by atoms with Gasteiger partial charge in [-0.15, -0.1) is 0 Å². The van der Waals surface area contributed by atoms with Gasteiger partial charge in [0.15, 0.2) is 0 Å². The van der Waals surface area contributed by atoms with E-state index in [1.807, 2.05) is 6.92 Å². The van der Waals surface area contributed by atoms with Gasteiger partial charge in [-0.2, -0.15) is 0 Å². The monoisotopic (exact) mass is 257 g/mol. The van der Waals surface area contributed by atoms with Gasteiger partial charge < -0.3 is 9.64 Å². The molecule has 3 rings (SSSR count). The molecule has 2 aromatic heterocycles. The van der Waals surface area contributed by atoms with Crippen molar-refractivity contribution in [3.05, 3.63) is 36.5 Å². The highest BCUT2D eigenvalue weighted by Gasteiger charge is 2.25. The summed E-state index contributed by atoms with van der Waals surface area (Å²) >= 11 is 0. The van der Waals surface area contributed by atoms with Gasteiger partial charge in [0.25, 0.3) is 0 Å². The molecule has 0 aromatic carbocycles. The van der Waals surface area contributed by atoms with E-state index < -0.39 is 0 Å². The summed E-state index contributed by atoms with van der Waals surface area (Å²) in [7, 11) is 0. The molecule has 0 aliphatic carbocycles. The van der Waals surface area contributed by atoms with E-state index in [1.165, 1.54) is 0 Å². The Morgan fingerprint density at radius 1 is 1.16 bits per heavy atom. The highest BCUT2D eigenvalue weighted by molar-refractivity contribution is 5.36. The van der Waals surface area contributed by atoms with Crippen LogP contribution in [0.15, 0.2) is 31.0 Å². The third-order valence-corrected chi connectivity index (χ3v) is 3.05. The van der Waals surface area contributed by atoms with E-state index in [0.717, 1.165) is 30.9 Å². The molecule has 98 valence electrons. The lowest BCUT2D eigenvalue weighted by Crippen LogP contribution is -2.25. The first-order valence-electron chi connectivity index (χ1n) is 6.27. The van der Waals surface area contributed by atoms with Crippen molar-refractivity contribution >= 4 is 5.82 Å². The zero-order valence-corrected chi connectivity index (χ0v) is 10.7. The molecule has 6 heteroatoms. The minimum atomic E-state index is 0.102. The van der Waals surface area contributed by atoms with E-state index in [2.05, 4.69) is 24.8 Å². The van der Waals surface area contributed by atoms with Crippen LogP contribution in [-0.4, -0.2) is 39.1 Å². The zero-order valence-electron chi connectivity index (χ0n) is 10.7. The number of anilines is 1. The maximum absolute atomic E-state index is 5.77. The first kappa shape index (κ1) is 11.8. The van der Waals surface area contributed by atoms with E-state index in [4.69, 9.17) is 4.74 Å². The van der Waals surface area contributed by atoms with Crippen molar-refractivity contribution < 1.29 is 4.74 Å². The van der Waals surface area contributed by atoms with E-state index >= 15 is 0 Å². The first-order valence-corrected chi connectivity index (χ1v) is 6.27. The van der Waals surface area contributed by atoms with E-state index in [-0.39, 0.29) is 6.10 Å². The van der Waals surface area contributed by atoms with Crippen LogP contribution < -0.4 is 9.64 Å². The van der Waals surface area contributed by atoms with Crippen LogP contribution in [0, 0.1) is 6.92 Å². The summed E-state index contributed by atoms with van der Waals surface area (Å²) < 4.78 is 5.77. The fourth-order valence-electron chi connectivity index (χ4n) is 2.08. The molecule has 0 amide bonds. The summed E-state index contributed by atoms with van der Waals surface area (Å²) in [5.74, 6) is 0.887. The van der Waals surface area contributed by atoms with Crippen LogP contribution in [-0.2, 0) is 0 Å². The van der Waals surface area contributed by atoms with Crippen LogP contribution >= 0.6 is 0 Å². The molecule has 0 N–H and O–H groups in total. The number of hydrogen-bond acceptors (Lipinski definition) is 6. The van der Waals surface area contributed by atoms with Gasteiger partial charge in [-0.3, -0.25) is 4.98 Å². The Morgan fingerprint density at radius 2 is 2.00 bits per heavy atom. The average molecular weight is 257 g/mol. The standard InChI is InChI=1S/C13H15N5O/c1-10-6-16-13(17-7-10)19-11-2-5-18(9-11)12-8-14-3-4-15-12/h3-4,6-8,11H,2,5,9H2,1H3. The Hall–Kier alpha value is -2.24. The average Bonchev–Trinajstić information content (AvgIpc) is 2.91. The molecule has 1 unspecified atom stereocenters. The van der Waals surface area contributed by atoms with Crippen LogP contribution in [0.1, 0.15) is 12.0 Å². The summed E-state index contributed by atoms with van der Waals surface area (Å²) in [5.41, 5.74) is 1.03. The lowest BCUT2D eigenvalue weighted by atomic mass is 10.3. The van der Waals surface area contributed by atoms with Gasteiger partial charge in [0, 0.05) is 37.8 Å². The second-order valence-corrected chi connectivity index (χ2v) is 4.58. The van der Waals surface area contributed by atoms with Crippen LogP contribution in [0.5, 0.6) is 6.01 Å². The van der Waals surface area contributed by atoms with Crippen molar-refractivity contribution in [2.24, 2.45) is 0 Å². The van der Waals surface area contributed by atoms with Gasteiger partial charge in [0.2, 0.25) is 0 Å². The van der Waals surface area contributed by atoms with Crippen molar-refractivity contribution in [1.82, 2.24) is 19.9 Å². The molecule has 1 atom stereocenters. The van der Waals surface area contributed by atoms with Gasteiger partial charge in [-0.1, -0.05) is 0 Å². The number of rotatable bonds is 3. The Balaban J connectivity index is 1.62. The zero-order chi connectivity index (χ0) is 13.1. The molecule has 0 saturated carbocycles. The molecular weight excluding hydrogens is 242 g/mol. The molecule has 0 radical (unpaired) electrons. The SMILES string of the molecule is Cc1cnc(OC2CCN(c3cnccn3)C2)nc1. The molecule has 0 spiro atoms. The molecule has 1 aliphatic rings. The molecule has 0 bridgehead atoms. The number of ether oxygens (including phenoxy) is 1. The molecule has 19 heavy (non-hydrogen) atoms. The summed E-state index contributed by atoms with van der Waals surface area (Å²) in [6, 6.07) is 0.441. The Kier molecular flexibility index (Phi) is 3.22. The fraction of sp³-hybridized carbons (Fsp3) is 0.385. The predicted octanol–water partition coefficient (Wildman–Crippen LogP) is 1.23. The molecule has 1 fully saturated rings. The smallest absolute Gasteiger partial charge is 0.316 e. The van der Waals surface area contributed by atoms with E-state index in [1.54, 1.807) is 31.0 Å². The second kappa shape index (κ2) is 5.17. The van der Waals surface area contributed by atoms with E-state index in [0.29, 0.717) is 6.01 Å². The highest BCUT2D eigenvalue weighted by atomic mass is 16.5. The van der Waals surface area contributed by atoms with Crippen molar-refractivity contribution in [3.8, 4) is 6.01 Å². The quantitative estimate of drug-likeness (QED) is 0.824. The summed E-state index contributed by atoms with van der Waals surface area (Å²) in [5, 5.41) is 0. The van der Waals surface area contributed by atoms with Gasteiger partial charge in [-0.05, 0) is 12.5 Å². The molecular formula is C13H15N5O. The number of nitrogens with zero attached hydrogens (tertiary/aromatic N) is 5.